The van der Waals surface area contributed by atoms with Crippen LogP contribution in [0.3, 0.4) is 0 Å². The minimum absolute atomic E-state index is 0.253. The SMILES string of the molecule is O=S(=O)(O)CCCON1CCOCC1. The summed E-state index contributed by atoms with van der Waals surface area (Å²) in [6, 6.07) is 0. The van der Waals surface area contributed by atoms with E-state index < -0.39 is 10.1 Å². The van der Waals surface area contributed by atoms with Gasteiger partial charge in [0.25, 0.3) is 10.1 Å². The van der Waals surface area contributed by atoms with Gasteiger partial charge in [0.1, 0.15) is 0 Å². The van der Waals surface area contributed by atoms with Crippen LogP contribution in [0, 0.1) is 0 Å². The Morgan fingerprint density at radius 2 is 2.00 bits per heavy atom. The van der Waals surface area contributed by atoms with E-state index in [1.165, 1.54) is 0 Å². The first-order chi connectivity index (χ1) is 6.58. The van der Waals surface area contributed by atoms with Crippen molar-refractivity contribution in [2.45, 2.75) is 6.42 Å². The van der Waals surface area contributed by atoms with Crippen molar-refractivity contribution in [3.05, 3.63) is 0 Å². The zero-order valence-corrected chi connectivity index (χ0v) is 8.70. The molecule has 0 aromatic rings. The Balaban J connectivity index is 2.03. The van der Waals surface area contributed by atoms with E-state index in [4.69, 9.17) is 14.1 Å². The molecule has 1 aliphatic heterocycles. The molecule has 0 amide bonds. The molecule has 1 saturated heterocycles. The van der Waals surface area contributed by atoms with Gasteiger partial charge in [-0.05, 0) is 6.42 Å². The highest BCUT2D eigenvalue weighted by molar-refractivity contribution is 7.85. The number of nitrogens with zero attached hydrogens (tertiary/aromatic N) is 1. The van der Waals surface area contributed by atoms with Crippen molar-refractivity contribution >= 4 is 10.1 Å². The van der Waals surface area contributed by atoms with Gasteiger partial charge in [0, 0.05) is 13.1 Å². The van der Waals surface area contributed by atoms with Crippen LogP contribution in [0.5, 0.6) is 0 Å². The molecule has 6 nitrogen and oxygen atoms in total. The molecule has 1 fully saturated rings. The van der Waals surface area contributed by atoms with E-state index in [1.807, 2.05) is 0 Å². The van der Waals surface area contributed by atoms with Crippen molar-refractivity contribution in [3.8, 4) is 0 Å². The largest absolute Gasteiger partial charge is 0.379 e. The topological polar surface area (TPSA) is 76.1 Å². The maximum absolute atomic E-state index is 10.3. The van der Waals surface area contributed by atoms with Crippen molar-refractivity contribution in [1.82, 2.24) is 5.06 Å². The van der Waals surface area contributed by atoms with E-state index in [0.29, 0.717) is 39.3 Å². The monoisotopic (exact) mass is 225 g/mol. The second-order valence-corrected chi connectivity index (χ2v) is 4.59. The fourth-order valence-corrected chi connectivity index (χ4v) is 1.59. The highest BCUT2D eigenvalue weighted by atomic mass is 32.2. The van der Waals surface area contributed by atoms with Gasteiger partial charge in [-0.1, -0.05) is 0 Å². The minimum atomic E-state index is -3.85. The third-order valence-electron chi connectivity index (χ3n) is 1.79. The zero-order chi connectivity index (χ0) is 10.4. The second kappa shape index (κ2) is 5.62. The Kier molecular flexibility index (Phi) is 4.76. The molecule has 14 heavy (non-hydrogen) atoms. The maximum Gasteiger partial charge on any atom is 0.264 e. The van der Waals surface area contributed by atoms with Crippen LogP contribution in [-0.2, 0) is 19.7 Å². The van der Waals surface area contributed by atoms with E-state index in [0.717, 1.165) is 0 Å². The van der Waals surface area contributed by atoms with Gasteiger partial charge in [-0.15, -0.1) is 0 Å². The Hall–Kier alpha value is -0.210. The lowest BCUT2D eigenvalue weighted by atomic mass is 10.5. The molecule has 0 aliphatic carbocycles. The second-order valence-electron chi connectivity index (χ2n) is 3.01. The van der Waals surface area contributed by atoms with Gasteiger partial charge in [-0.2, -0.15) is 13.5 Å². The van der Waals surface area contributed by atoms with Gasteiger partial charge in [-0.25, -0.2) is 0 Å². The number of rotatable bonds is 5. The number of hydrogen-bond donors (Lipinski definition) is 1. The van der Waals surface area contributed by atoms with Crippen molar-refractivity contribution < 1.29 is 22.5 Å². The smallest absolute Gasteiger partial charge is 0.264 e. The number of hydrogen-bond acceptors (Lipinski definition) is 5. The van der Waals surface area contributed by atoms with Crippen LogP contribution < -0.4 is 0 Å². The molecule has 7 heteroatoms. The third-order valence-corrected chi connectivity index (χ3v) is 2.60. The number of morpholine rings is 1. The molecule has 0 saturated carbocycles. The van der Waals surface area contributed by atoms with E-state index in [9.17, 15) is 8.42 Å². The number of ether oxygens (including phenoxy) is 1. The summed E-state index contributed by atoms with van der Waals surface area (Å²) in [6.07, 6.45) is 0.302. The summed E-state index contributed by atoms with van der Waals surface area (Å²) in [5, 5.41) is 1.74. The van der Waals surface area contributed by atoms with Gasteiger partial charge < -0.3 is 4.74 Å². The van der Waals surface area contributed by atoms with E-state index in [-0.39, 0.29) is 5.75 Å². The van der Waals surface area contributed by atoms with Crippen molar-refractivity contribution in [2.75, 3.05) is 38.7 Å². The van der Waals surface area contributed by atoms with Crippen LogP contribution in [0.2, 0.25) is 0 Å². The molecular formula is C7H15NO5S. The van der Waals surface area contributed by atoms with Gasteiger partial charge in [0.05, 0.1) is 25.6 Å². The molecule has 0 aromatic carbocycles. The molecule has 0 unspecified atom stereocenters. The normalized spacial score (nSPS) is 19.8. The van der Waals surface area contributed by atoms with E-state index in [2.05, 4.69) is 0 Å². The average Bonchev–Trinajstić information content (AvgIpc) is 2.13. The van der Waals surface area contributed by atoms with Gasteiger partial charge in [0.2, 0.25) is 0 Å². The first-order valence-corrected chi connectivity index (χ1v) is 6.09. The molecule has 0 spiro atoms. The lowest BCUT2D eigenvalue weighted by Crippen LogP contribution is -2.36. The predicted molar refractivity (Wildman–Crippen MR) is 49.4 cm³/mol. The molecule has 1 heterocycles. The Morgan fingerprint density at radius 3 is 2.57 bits per heavy atom. The number of hydroxylamine groups is 2. The molecule has 84 valence electrons. The van der Waals surface area contributed by atoms with E-state index in [1.54, 1.807) is 5.06 Å². The fourth-order valence-electron chi connectivity index (χ4n) is 1.11. The fraction of sp³-hybridized carbons (Fsp3) is 1.00. The summed E-state index contributed by atoms with van der Waals surface area (Å²) in [7, 11) is -3.85. The summed E-state index contributed by atoms with van der Waals surface area (Å²) < 4.78 is 34.2. The van der Waals surface area contributed by atoms with Crippen LogP contribution in [0.1, 0.15) is 6.42 Å². The van der Waals surface area contributed by atoms with Crippen LogP contribution >= 0.6 is 0 Å². The third kappa shape index (κ3) is 5.51. The first kappa shape index (κ1) is 11.9. The molecule has 1 rings (SSSR count). The lowest BCUT2D eigenvalue weighted by Gasteiger charge is -2.25. The van der Waals surface area contributed by atoms with Crippen LogP contribution in [-0.4, -0.2) is 56.7 Å². The highest BCUT2D eigenvalue weighted by Gasteiger charge is 2.11. The standard InChI is InChI=1S/C7H15NO5S/c9-14(10,11)7-1-4-13-8-2-5-12-6-3-8/h1-7H2,(H,9,10,11). The first-order valence-electron chi connectivity index (χ1n) is 4.49. The van der Waals surface area contributed by atoms with Crippen molar-refractivity contribution in [3.63, 3.8) is 0 Å². The predicted octanol–water partition coefficient (Wildman–Crippen LogP) is -0.472. The Morgan fingerprint density at radius 1 is 1.36 bits per heavy atom. The van der Waals surface area contributed by atoms with Gasteiger partial charge in [0.15, 0.2) is 0 Å². The van der Waals surface area contributed by atoms with Crippen LogP contribution in [0.4, 0.5) is 0 Å². The molecule has 0 atom stereocenters. The van der Waals surface area contributed by atoms with Crippen molar-refractivity contribution in [1.29, 1.82) is 0 Å². The summed E-state index contributed by atoms with van der Waals surface area (Å²) in [5.74, 6) is -0.253. The Bertz CT molecular complexity index is 247. The van der Waals surface area contributed by atoms with Gasteiger partial charge in [-0.3, -0.25) is 9.39 Å². The highest BCUT2D eigenvalue weighted by Crippen LogP contribution is 1.99. The van der Waals surface area contributed by atoms with Crippen molar-refractivity contribution in [2.24, 2.45) is 0 Å². The molecule has 1 N–H and O–H groups in total. The van der Waals surface area contributed by atoms with Crippen LogP contribution in [0.25, 0.3) is 0 Å². The maximum atomic E-state index is 10.3. The van der Waals surface area contributed by atoms with Crippen LogP contribution in [0.15, 0.2) is 0 Å². The average molecular weight is 225 g/mol. The lowest BCUT2D eigenvalue weighted by molar-refractivity contribution is -0.193. The zero-order valence-electron chi connectivity index (χ0n) is 7.89. The molecule has 0 bridgehead atoms. The molecule has 1 aliphatic rings. The summed E-state index contributed by atoms with van der Waals surface area (Å²) in [4.78, 5) is 5.26. The summed E-state index contributed by atoms with van der Waals surface area (Å²) in [6.45, 7) is 2.98. The van der Waals surface area contributed by atoms with Gasteiger partial charge >= 0.3 is 0 Å². The quantitative estimate of drug-likeness (QED) is 0.503. The molecular weight excluding hydrogens is 210 g/mol. The molecule has 0 aromatic heterocycles. The summed E-state index contributed by atoms with van der Waals surface area (Å²) >= 11 is 0. The Labute approximate surface area is 83.5 Å². The molecule has 0 radical (unpaired) electrons. The summed E-state index contributed by atoms with van der Waals surface area (Å²) in [5.41, 5.74) is 0. The minimum Gasteiger partial charge on any atom is -0.379 e. The van der Waals surface area contributed by atoms with E-state index >= 15 is 0 Å².